The van der Waals surface area contributed by atoms with Crippen molar-refractivity contribution in [2.45, 2.75) is 115 Å². The zero-order valence-corrected chi connectivity index (χ0v) is 25.3. The van der Waals surface area contributed by atoms with Crippen molar-refractivity contribution in [2.75, 3.05) is 6.61 Å². The quantitative estimate of drug-likeness (QED) is 0.324. The van der Waals surface area contributed by atoms with Gasteiger partial charge in [0.25, 0.3) is 0 Å². The summed E-state index contributed by atoms with van der Waals surface area (Å²) in [6, 6.07) is 14.0. The molecule has 7 nitrogen and oxygen atoms in total. The summed E-state index contributed by atoms with van der Waals surface area (Å²) in [5, 5.41) is 10.6. The third-order valence-corrected chi connectivity index (χ3v) is 8.86. The van der Waals surface area contributed by atoms with Crippen molar-refractivity contribution in [3.63, 3.8) is 0 Å². The lowest BCUT2D eigenvalue weighted by Gasteiger charge is -2.63. The molecule has 8 heteroatoms. The number of carbonyl (C=O) groups excluding carboxylic acids is 1. The van der Waals surface area contributed by atoms with Crippen molar-refractivity contribution in [1.82, 2.24) is 0 Å². The second-order valence-electron chi connectivity index (χ2n) is 12.8. The van der Waals surface area contributed by atoms with Crippen molar-refractivity contribution < 1.29 is 38.0 Å². The molecule has 40 heavy (non-hydrogen) atoms. The zero-order chi connectivity index (χ0) is 29.9. The number of carbonyl (C=O) groups is 1. The van der Waals surface area contributed by atoms with Crippen LogP contribution in [0.25, 0.3) is 11.1 Å². The van der Waals surface area contributed by atoms with E-state index in [2.05, 4.69) is 0 Å². The molecule has 0 aliphatic carbocycles. The molecule has 2 aliphatic heterocycles. The van der Waals surface area contributed by atoms with Gasteiger partial charge in [-0.05, 0) is 86.4 Å². The van der Waals surface area contributed by atoms with E-state index in [1.165, 1.54) is 6.07 Å². The Bertz CT molecular complexity index is 1260. The van der Waals surface area contributed by atoms with Gasteiger partial charge in [0.15, 0.2) is 11.6 Å². The van der Waals surface area contributed by atoms with Crippen molar-refractivity contribution in [3.05, 3.63) is 59.9 Å². The molecule has 2 aliphatic rings. The van der Waals surface area contributed by atoms with Crippen molar-refractivity contribution in [3.8, 4) is 11.1 Å². The van der Waals surface area contributed by atoms with Crippen LogP contribution in [0, 0.1) is 5.82 Å². The monoisotopic (exact) mass is 558 g/mol. The highest BCUT2D eigenvalue weighted by molar-refractivity contribution is 5.78. The average Bonchev–Trinajstić information content (AvgIpc) is 3.06. The second-order valence-corrected chi connectivity index (χ2v) is 12.8. The van der Waals surface area contributed by atoms with Crippen molar-refractivity contribution >= 4 is 5.97 Å². The van der Waals surface area contributed by atoms with Crippen LogP contribution >= 0.6 is 0 Å². The highest BCUT2D eigenvalue weighted by atomic mass is 19.1. The molecule has 0 aromatic heterocycles. The van der Waals surface area contributed by atoms with E-state index in [1.54, 1.807) is 46.8 Å². The molecular weight excluding hydrogens is 515 g/mol. The van der Waals surface area contributed by atoms with Gasteiger partial charge in [0, 0.05) is 5.56 Å². The summed E-state index contributed by atoms with van der Waals surface area (Å²) in [4.78, 5) is 13.3. The van der Waals surface area contributed by atoms with Crippen LogP contribution in [-0.2, 0) is 28.5 Å². The Morgan fingerprint density at radius 3 is 2.20 bits per heavy atom. The van der Waals surface area contributed by atoms with Gasteiger partial charge in [-0.2, -0.15) is 0 Å². The number of esters is 1. The number of fused-ring (bicyclic) bond motifs is 1. The zero-order valence-electron chi connectivity index (χ0n) is 25.3. The van der Waals surface area contributed by atoms with E-state index < -0.39 is 57.8 Å². The van der Waals surface area contributed by atoms with Gasteiger partial charge in [0.1, 0.15) is 34.8 Å². The topological polar surface area (TPSA) is 83.5 Å². The average molecular weight is 559 g/mol. The van der Waals surface area contributed by atoms with Crippen LogP contribution in [0.4, 0.5) is 4.39 Å². The molecule has 220 valence electrons. The molecule has 0 saturated carbocycles. The van der Waals surface area contributed by atoms with Gasteiger partial charge in [0.05, 0.1) is 12.0 Å². The molecule has 2 aromatic rings. The van der Waals surface area contributed by atoms with E-state index in [-0.39, 0.29) is 6.61 Å². The van der Waals surface area contributed by atoms with E-state index >= 15 is 4.39 Å². The highest BCUT2D eigenvalue weighted by Gasteiger charge is 2.78. The minimum Gasteiger partial charge on any atom is -0.462 e. The molecule has 2 fully saturated rings. The number of hydrogen-bond donors (Lipinski definition) is 1. The lowest BCUT2D eigenvalue weighted by molar-refractivity contribution is -0.383. The van der Waals surface area contributed by atoms with Crippen LogP contribution in [0.3, 0.4) is 0 Å². The first-order valence-corrected chi connectivity index (χ1v) is 13.8. The van der Waals surface area contributed by atoms with Gasteiger partial charge in [-0.3, -0.25) is 4.79 Å². The number of aliphatic hydroxyl groups is 1. The minimum atomic E-state index is -1.48. The van der Waals surface area contributed by atoms with Crippen LogP contribution in [0.1, 0.15) is 80.7 Å². The SMILES string of the molecule is CC(C(=O)OCC1(C)O[C@@H](C)C(C)(OC(C)(C)O)C2(C)OC(C)(C)O[C@]12C)c1ccc(-c2ccccc2)c(F)c1. The predicted molar refractivity (Wildman–Crippen MR) is 149 cm³/mol. The first-order valence-electron chi connectivity index (χ1n) is 13.8. The van der Waals surface area contributed by atoms with Crippen LogP contribution in [-0.4, -0.2) is 57.8 Å². The summed E-state index contributed by atoms with van der Waals surface area (Å²) >= 11 is 0. The molecular formula is C32H43FO7. The molecule has 4 rings (SSSR count). The lowest BCUT2D eigenvalue weighted by Crippen LogP contribution is -2.81. The number of ether oxygens (including phenoxy) is 5. The summed E-state index contributed by atoms with van der Waals surface area (Å²) < 4.78 is 46.7. The Labute approximate surface area is 236 Å². The molecule has 2 heterocycles. The molecule has 6 atom stereocenters. The predicted octanol–water partition coefficient (Wildman–Crippen LogP) is 6.12. The summed E-state index contributed by atoms with van der Waals surface area (Å²) in [6.45, 7) is 17.5. The summed E-state index contributed by atoms with van der Waals surface area (Å²) in [7, 11) is 0. The molecule has 0 radical (unpaired) electrons. The number of hydrogen-bond acceptors (Lipinski definition) is 7. The molecule has 4 unspecified atom stereocenters. The van der Waals surface area contributed by atoms with Crippen LogP contribution < -0.4 is 0 Å². The first kappa shape index (κ1) is 30.6. The fourth-order valence-corrected chi connectivity index (χ4v) is 6.38. The normalized spacial score (nSPS) is 34.2. The maximum Gasteiger partial charge on any atom is 0.313 e. The standard InChI is InChI=1S/C32H43FO7/c1-20(23-16-17-24(25(33)18-23)22-14-12-11-13-15-22)26(34)36-19-29(7)31(9)32(10,40-28(5,6)39-31)30(8,21(2)37-29)38-27(3,4)35/h11-18,20-21,35H,19H2,1-10H3/t20?,21-,29?,30?,31+,32?/m0/s1. The van der Waals surface area contributed by atoms with Gasteiger partial charge in [-0.1, -0.05) is 42.5 Å². The van der Waals surface area contributed by atoms with E-state index in [0.29, 0.717) is 11.1 Å². The van der Waals surface area contributed by atoms with Gasteiger partial charge < -0.3 is 28.8 Å². The Hall–Kier alpha value is -2.36. The Morgan fingerprint density at radius 1 is 1.02 bits per heavy atom. The molecule has 0 bridgehead atoms. The lowest BCUT2D eigenvalue weighted by atomic mass is 9.62. The Kier molecular flexibility index (Phi) is 7.56. The number of benzene rings is 2. The fourth-order valence-electron chi connectivity index (χ4n) is 6.38. The minimum absolute atomic E-state index is 0.144. The number of halogens is 1. The van der Waals surface area contributed by atoms with E-state index in [9.17, 15) is 9.90 Å². The summed E-state index contributed by atoms with van der Waals surface area (Å²) in [5.74, 6) is -4.14. The smallest absolute Gasteiger partial charge is 0.313 e. The molecule has 2 aromatic carbocycles. The summed E-state index contributed by atoms with van der Waals surface area (Å²) in [5.41, 5.74) is -2.84. The molecule has 1 N–H and O–H groups in total. The molecule has 0 spiro atoms. The molecule has 0 amide bonds. The Morgan fingerprint density at radius 2 is 1.62 bits per heavy atom. The van der Waals surface area contributed by atoms with Gasteiger partial charge in [-0.25, -0.2) is 4.39 Å². The van der Waals surface area contributed by atoms with E-state index in [1.807, 2.05) is 65.0 Å². The third kappa shape index (κ3) is 4.98. The van der Waals surface area contributed by atoms with Gasteiger partial charge >= 0.3 is 5.97 Å². The fraction of sp³-hybridized carbons (Fsp3) is 0.594. The van der Waals surface area contributed by atoms with E-state index in [0.717, 1.165) is 5.56 Å². The maximum absolute atomic E-state index is 15.0. The van der Waals surface area contributed by atoms with Gasteiger partial charge in [0.2, 0.25) is 0 Å². The van der Waals surface area contributed by atoms with Crippen LogP contribution in [0.15, 0.2) is 48.5 Å². The van der Waals surface area contributed by atoms with Crippen molar-refractivity contribution in [1.29, 1.82) is 0 Å². The van der Waals surface area contributed by atoms with Crippen LogP contribution in [0.2, 0.25) is 0 Å². The van der Waals surface area contributed by atoms with Crippen molar-refractivity contribution in [2.24, 2.45) is 0 Å². The second kappa shape index (κ2) is 9.88. The number of rotatable bonds is 7. The van der Waals surface area contributed by atoms with Crippen LogP contribution in [0.5, 0.6) is 0 Å². The Balaban J connectivity index is 1.58. The maximum atomic E-state index is 15.0. The van der Waals surface area contributed by atoms with E-state index in [4.69, 9.17) is 23.7 Å². The third-order valence-electron chi connectivity index (χ3n) is 8.86. The first-order chi connectivity index (χ1) is 18.3. The van der Waals surface area contributed by atoms with Gasteiger partial charge in [-0.15, -0.1) is 0 Å². The largest absolute Gasteiger partial charge is 0.462 e. The summed E-state index contributed by atoms with van der Waals surface area (Å²) in [6.07, 6.45) is -0.588. The molecule has 2 saturated heterocycles. The highest BCUT2D eigenvalue weighted by Crippen LogP contribution is 2.61.